The van der Waals surface area contributed by atoms with E-state index in [0.717, 1.165) is 17.1 Å². The molecule has 0 bridgehead atoms. The van der Waals surface area contributed by atoms with Gasteiger partial charge in [-0.15, -0.1) is 11.3 Å². The van der Waals surface area contributed by atoms with E-state index in [1.807, 2.05) is 18.4 Å². The summed E-state index contributed by atoms with van der Waals surface area (Å²) in [5.74, 6) is 0.545. The average Bonchev–Trinajstić information content (AvgIpc) is 2.75. The standard InChI is InChI=1S/C10H11NO2S/c1-7-11-8(6-14-7)5-9(12)10-3-2-4-13-10/h3,6H,2,4-5H2,1H3. The predicted octanol–water partition coefficient (Wildman–Crippen LogP) is 1.87. The second-order valence-corrected chi connectivity index (χ2v) is 4.23. The summed E-state index contributed by atoms with van der Waals surface area (Å²) < 4.78 is 5.18. The first-order chi connectivity index (χ1) is 6.75. The molecule has 3 nitrogen and oxygen atoms in total. The third kappa shape index (κ3) is 2.01. The molecule has 2 heterocycles. The monoisotopic (exact) mass is 209 g/mol. The van der Waals surface area contributed by atoms with Crippen LogP contribution in [0.2, 0.25) is 0 Å². The lowest BCUT2D eigenvalue weighted by molar-refractivity contribution is -0.117. The summed E-state index contributed by atoms with van der Waals surface area (Å²) in [5.41, 5.74) is 0.842. The maximum Gasteiger partial charge on any atom is 0.202 e. The van der Waals surface area contributed by atoms with Crippen molar-refractivity contribution in [3.63, 3.8) is 0 Å². The van der Waals surface area contributed by atoms with Gasteiger partial charge in [0.2, 0.25) is 5.78 Å². The number of hydrogen-bond donors (Lipinski definition) is 0. The maximum atomic E-state index is 11.6. The summed E-state index contributed by atoms with van der Waals surface area (Å²) in [7, 11) is 0. The molecule has 0 radical (unpaired) electrons. The highest BCUT2D eigenvalue weighted by atomic mass is 32.1. The van der Waals surface area contributed by atoms with Crippen molar-refractivity contribution >= 4 is 17.1 Å². The number of carbonyl (C=O) groups is 1. The minimum absolute atomic E-state index is 0.0350. The molecule has 2 rings (SSSR count). The molecular weight excluding hydrogens is 198 g/mol. The fraction of sp³-hybridized carbons (Fsp3) is 0.400. The van der Waals surface area contributed by atoms with Crippen LogP contribution in [0.25, 0.3) is 0 Å². The van der Waals surface area contributed by atoms with E-state index in [1.165, 1.54) is 0 Å². The zero-order valence-corrected chi connectivity index (χ0v) is 8.76. The van der Waals surface area contributed by atoms with Gasteiger partial charge in [0.15, 0.2) is 5.76 Å². The Hall–Kier alpha value is -1.16. The van der Waals surface area contributed by atoms with Crippen LogP contribution in [0.4, 0.5) is 0 Å². The zero-order chi connectivity index (χ0) is 9.97. The maximum absolute atomic E-state index is 11.6. The number of thiazole rings is 1. The third-order valence-electron chi connectivity index (χ3n) is 1.99. The molecular formula is C10H11NO2S. The molecule has 14 heavy (non-hydrogen) atoms. The van der Waals surface area contributed by atoms with Gasteiger partial charge < -0.3 is 4.74 Å². The molecule has 0 N–H and O–H groups in total. The van der Waals surface area contributed by atoms with Crippen molar-refractivity contribution in [2.24, 2.45) is 0 Å². The Balaban J connectivity index is 2.01. The van der Waals surface area contributed by atoms with Crippen LogP contribution in [0.3, 0.4) is 0 Å². The van der Waals surface area contributed by atoms with Gasteiger partial charge >= 0.3 is 0 Å². The number of ether oxygens (including phenoxy) is 1. The zero-order valence-electron chi connectivity index (χ0n) is 7.95. The fourth-order valence-electron chi connectivity index (χ4n) is 1.35. The van der Waals surface area contributed by atoms with Crippen molar-refractivity contribution in [1.29, 1.82) is 0 Å². The number of carbonyl (C=O) groups excluding carboxylic acids is 1. The van der Waals surface area contributed by atoms with Gasteiger partial charge in [-0.2, -0.15) is 0 Å². The number of hydrogen-bond acceptors (Lipinski definition) is 4. The van der Waals surface area contributed by atoms with Crippen molar-refractivity contribution in [2.45, 2.75) is 19.8 Å². The smallest absolute Gasteiger partial charge is 0.202 e. The molecule has 0 aliphatic carbocycles. The van der Waals surface area contributed by atoms with Crippen LogP contribution >= 0.6 is 11.3 Å². The minimum Gasteiger partial charge on any atom is -0.490 e. The van der Waals surface area contributed by atoms with E-state index < -0.39 is 0 Å². The molecule has 0 saturated heterocycles. The van der Waals surface area contributed by atoms with Crippen LogP contribution < -0.4 is 0 Å². The highest BCUT2D eigenvalue weighted by molar-refractivity contribution is 7.09. The van der Waals surface area contributed by atoms with E-state index in [-0.39, 0.29) is 5.78 Å². The number of allylic oxidation sites excluding steroid dienone is 1. The van der Waals surface area contributed by atoms with E-state index in [0.29, 0.717) is 18.8 Å². The van der Waals surface area contributed by atoms with Gasteiger partial charge in [-0.3, -0.25) is 4.79 Å². The lowest BCUT2D eigenvalue weighted by atomic mass is 10.2. The van der Waals surface area contributed by atoms with Gasteiger partial charge in [-0.25, -0.2) is 4.98 Å². The number of ketones is 1. The topological polar surface area (TPSA) is 39.2 Å². The molecule has 4 heteroatoms. The fourth-order valence-corrected chi connectivity index (χ4v) is 1.97. The van der Waals surface area contributed by atoms with Crippen LogP contribution in [0, 0.1) is 6.92 Å². The van der Waals surface area contributed by atoms with Crippen molar-refractivity contribution in [1.82, 2.24) is 4.98 Å². The van der Waals surface area contributed by atoms with E-state index in [2.05, 4.69) is 4.98 Å². The first-order valence-electron chi connectivity index (χ1n) is 4.53. The summed E-state index contributed by atoms with van der Waals surface area (Å²) in [6.45, 7) is 2.57. The highest BCUT2D eigenvalue weighted by Crippen LogP contribution is 2.14. The second-order valence-electron chi connectivity index (χ2n) is 3.16. The summed E-state index contributed by atoms with van der Waals surface area (Å²) in [6, 6.07) is 0. The van der Waals surface area contributed by atoms with Gasteiger partial charge in [0.05, 0.1) is 23.7 Å². The molecule has 0 unspecified atom stereocenters. The largest absolute Gasteiger partial charge is 0.490 e. The molecule has 1 aromatic rings. The summed E-state index contributed by atoms with van der Waals surface area (Å²) in [4.78, 5) is 15.8. The van der Waals surface area contributed by atoms with Gasteiger partial charge in [-0.05, 0) is 13.0 Å². The molecule has 0 saturated carbocycles. The summed E-state index contributed by atoms with van der Waals surface area (Å²) in [5, 5.41) is 2.91. The molecule has 0 spiro atoms. The van der Waals surface area contributed by atoms with Crippen molar-refractivity contribution in [3.8, 4) is 0 Å². The Morgan fingerprint density at radius 1 is 1.71 bits per heavy atom. The Morgan fingerprint density at radius 2 is 2.57 bits per heavy atom. The first kappa shape index (κ1) is 9.40. The normalized spacial score (nSPS) is 15.1. The van der Waals surface area contributed by atoms with Gasteiger partial charge in [-0.1, -0.05) is 0 Å². The van der Waals surface area contributed by atoms with E-state index >= 15 is 0 Å². The molecule has 1 aliphatic rings. The van der Waals surface area contributed by atoms with Crippen LogP contribution in [0.15, 0.2) is 17.2 Å². The molecule has 1 aliphatic heterocycles. The second kappa shape index (κ2) is 3.92. The molecule has 0 amide bonds. The average molecular weight is 209 g/mol. The molecule has 74 valence electrons. The van der Waals surface area contributed by atoms with Crippen LogP contribution in [0.5, 0.6) is 0 Å². The van der Waals surface area contributed by atoms with Crippen molar-refractivity contribution < 1.29 is 9.53 Å². The van der Waals surface area contributed by atoms with E-state index in [1.54, 1.807) is 11.3 Å². The number of aromatic nitrogens is 1. The van der Waals surface area contributed by atoms with E-state index in [4.69, 9.17) is 4.74 Å². The van der Waals surface area contributed by atoms with Crippen molar-refractivity contribution in [2.75, 3.05) is 6.61 Å². The van der Waals surface area contributed by atoms with Gasteiger partial charge in [0.1, 0.15) is 0 Å². The van der Waals surface area contributed by atoms with Crippen LogP contribution in [0.1, 0.15) is 17.1 Å². The summed E-state index contributed by atoms with van der Waals surface area (Å²) >= 11 is 1.57. The number of rotatable bonds is 3. The third-order valence-corrected chi connectivity index (χ3v) is 2.81. The number of aryl methyl sites for hydroxylation is 1. The Kier molecular flexibility index (Phi) is 2.63. The molecule has 0 fully saturated rings. The van der Waals surface area contributed by atoms with Crippen molar-refractivity contribution in [3.05, 3.63) is 27.9 Å². The quantitative estimate of drug-likeness (QED) is 0.762. The summed E-state index contributed by atoms with van der Waals surface area (Å²) in [6.07, 6.45) is 3.05. The minimum atomic E-state index is 0.0350. The highest BCUT2D eigenvalue weighted by Gasteiger charge is 2.16. The number of nitrogens with zero attached hydrogens (tertiary/aromatic N) is 1. The Labute approximate surface area is 86.4 Å². The Morgan fingerprint density at radius 3 is 3.14 bits per heavy atom. The predicted molar refractivity (Wildman–Crippen MR) is 54.2 cm³/mol. The lowest BCUT2D eigenvalue weighted by Gasteiger charge is -2.00. The SMILES string of the molecule is Cc1nc(CC(=O)C2=CCCO2)cs1. The first-order valence-corrected chi connectivity index (χ1v) is 5.41. The lowest BCUT2D eigenvalue weighted by Crippen LogP contribution is -2.07. The van der Waals surface area contributed by atoms with E-state index in [9.17, 15) is 4.79 Å². The molecule has 0 aromatic carbocycles. The van der Waals surface area contributed by atoms with Gasteiger partial charge in [0, 0.05) is 11.8 Å². The van der Waals surface area contributed by atoms with Crippen LogP contribution in [-0.2, 0) is 16.0 Å². The molecule has 1 aromatic heterocycles. The number of Topliss-reactive ketones (excluding diaryl/α,β-unsaturated/α-hetero) is 1. The van der Waals surface area contributed by atoms with Gasteiger partial charge in [0.25, 0.3) is 0 Å². The Bertz CT molecular complexity index is 381. The van der Waals surface area contributed by atoms with Crippen LogP contribution in [-0.4, -0.2) is 17.4 Å². The molecule has 0 atom stereocenters.